The summed E-state index contributed by atoms with van der Waals surface area (Å²) in [6, 6.07) is 8.07. The number of benzene rings is 1. The maximum atomic E-state index is 12.0. The molecular weight excluding hydrogens is 250 g/mol. The molecule has 20 heavy (non-hydrogen) atoms. The Morgan fingerprint density at radius 3 is 2.10 bits per heavy atom. The summed E-state index contributed by atoms with van der Waals surface area (Å²) in [6.45, 7) is 6.63. The molecule has 0 aromatic heterocycles. The van der Waals surface area contributed by atoms with Crippen LogP contribution in [0.25, 0.3) is 0 Å². The van der Waals surface area contributed by atoms with Gasteiger partial charge in [0.15, 0.2) is 0 Å². The van der Waals surface area contributed by atoms with Crippen molar-refractivity contribution in [2.75, 3.05) is 0 Å². The van der Waals surface area contributed by atoms with E-state index in [1.165, 1.54) is 22.6 Å². The largest absolute Gasteiger partial charge is 0.269 e. The van der Waals surface area contributed by atoms with Crippen LogP contribution in [0.1, 0.15) is 50.3 Å². The molecule has 2 atom stereocenters. The molecule has 0 N–H and O–H groups in total. The van der Waals surface area contributed by atoms with E-state index in [4.69, 9.17) is 0 Å². The van der Waals surface area contributed by atoms with E-state index in [9.17, 15) is 9.59 Å². The number of rotatable bonds is 1. The van der Waals surface area contributed by atoms with Gasteiger partial charge in [0, 0.05) is 12.2 Å². The molecule has 104 valence electrons. The summed E-state index contributed by atoms with van der Waals surface area (Å²) in [7, 11) is 0. The van der Waals surface area contributed by atoms with E-state index >= 15 is 0 Å². The average Bonchev–Trinajstić information content (AvgIpc) is 2.90. The fourth-order valence-electron chi connectivity index (χ4n) is 3.39. The number of imide groups is 1. The summed E-state index contributed by atoms with van der Waals surface area (Å²) in [5, 5.41) is 0. The van der Waals surface area contributed by atoms with E-state index in [1.807, 2.05) is 18.2 Å². The Labute approximate surface area is 119 Å². The maximum Gasteiger partial charge on any atom is 0.254 e. The van der Waals surface area contributed by atoms with Crippen molar-refractivity contribution in [2.45, 2.75) is 39.2 Å². The van der Waals surface area contributed by atoms with Crippen molar-refractivity contribution in [3.05, 3.63) is 47.5 Å². The van der Waals surface area contributed by atoms with Crippen molar-refractivity contribution in [2.24, 2.45) is 5.41 Å². The van der Waals surface area contributed by atoms with Crippen LogP contribution < -0.4 is 0 Å². The van der Waals surface area contributed by atoms with Gasteiger partial charge < -0.3 is 0 Å². The number of fused-ring (bicyclic) bond motifs is 1. The first kappa shape index (κ1) is 13.1. The molecule has 2 aliphatic rings. The molecule has 3 nitrogen and oxygen atoms in total. The molecular formula is C17H19NO2. The summed E-state index contributed by atoms with van der Waals surface area (Å²) in [6.07, 6.45) is 3.56. The minimum Gasteiger partial charge on any atom is -0.269 e. The molecule has 1 aromatic rings. The van der Waals surface area contributed by atoms with Crippen LogP contribution in [-0.2, 0) is 9.59 Å². The molecule has 0 bridgehead atoms. The van der Waals surface area contributed by atoms with Crippen molar-refractivity contribution < 1.29 is 9.59 Å². The number of carbonyl (C=O) groups is 2. The first-order chi connectivity index (χ1) is 9.39. The van der Waals surface area contributed by atoms with Gasteiger partial charge in [0.05, 0.1) is 6.04 Å². The molecule has 3 rings (SSSR count). The van der Waals surface area contributed by atoms with Gasteiger partial charge in [-0.1, -0.05) is 45.0 Å². The third-order valence-corrected chi connectivity index (χ3v) is 4.39. The topological polar surface area (TPSA) is 37.4 Å². The van der Waals surface area contributed by atoms with Gasteiger partial charge in [-0.15, -0.1) is 0 Å². The Kier molecular flexibility index (Phi) is 2.82. The second-order valence-corrected chi connectivity index (χ2v) is 6.68. The maximum absolute atomic E-state index is 12.0. The Hall–Kier alpha value is -1.90. The highest BCUT2D eigenvalue weighted by Gasteiger charge is 2.43. The standard InChI is InChI=1S/C17H19NO2/c1-17(2,3)13-10-14(12-7-5-4-6-11(12)13)18-15(19)8-9-16(18)20/h4-9,13-14H,10H2,1-3H3/t13-,14+/m1/s1. The van der Waals surface area contributed by atoms with Gasteiger partial charge in [0.25, 0.3) is 11.8 Å². The lowest BCUT2D eigenvalue weighted by Gasteiger charge is -2.29. The molecule has 0 unspecified atom stereocenters. The lowest BCUT2D eigenvalue weighted by atomic mass is 9.77. The normalized spacial score (nSPS) is 25.4. The molecule has 0 saturated carbocycles. The van der Waals surface area contributed by atoms with E-state index in [1.54, 1.807) is 0 Å². The van der Waals surface area contributed by atoms with Crippen molar-refractivity contribution >= 4 is 11.8 Å². The fraction of sp³-hybridized carbons (Fsp3) is 0.412. The van der Waals surface area contributed by atoms with Crippen molar-refractivity contribution in [3.8, 4) is 0 Å². The SMILES string of the molecule is CC(C)(C)[C@@H]1C[C@H](N2C(=O)C=CC2=O)c2ccccc21. The molecule has 1 heterocycles. The number of amides is 2. The van der Waals surface area contributed by atoms with E-state index in [-0.39, 0.29) is 23.3 Å². The first-order valence-electron chi connectivity index (χ1n) is 7.03. The molecule has 0 saturated heterocycles. The van der Waals surface area contributed by atoms with Crippen molar-refractivity contribution in [3.63, 3.8) is 0 Å². The van der Waals surface area contributed by atoms with Gasteiger partial charge in [0.2, 0.25) is 0 Å². The number of hydrogen-bond acceptors (Lipinski definition) is 2. The molecule has 0 fully saturated rings. The minimum absolute atomic E-state index is 0.115. The number of nitrogens with zero attached hydrogens (tertiary/aromatic N) is 1. The summed E-state index contributed by atoms with van der Waals surface area (Å²) >= 11 is 0. The van der Waals surface area contributed by atoms with Crippen LogP contribution in [-0.4, -0.2) is 16.7 Å². The quantitative estimate of drug-likeness (QED) is 0.734. The Balaban J connectivity index is 2.04. The third-order valence-electron chi connectivity index (χ3n) is 4.39. The van der Waals surface area contributed by atoms with Gasteiger partial charge >= 0.3 is 0 Å². The fourth-order valence-corrected chi connectivity index (χ4v) is 3.39. The summed E-state index contributed by atoms with van der Waals surface area (Å²) in [5.41, 5.74) is 2.51. The zero-order valence-electron chi connectivity index (χ0n) is 12.1. The highest BCUT2D eigenvalue weighted by Crippen LogP contribution is 2.51. The summed E-state index contributed by atoms with van der Waals surface area (Å²) in [5.74, 6) is -0.0152. The Morgan fingerprint density at radius 2 is 1.55 bits per heavy atom. The molecule has 0 radical (unpaired) electrons. The van der Waals surface area contributed by atoms with Crippen LogP contribution in [0, 0.1) is 5.41 Å². The monoisotopic (exact) mass is 269 g/mol. The average molecular weight is 269 g/mol. The Bertz CT molecular complexity index is 592. The van der Waals surface area contributed by atoms with Crippen LogP contribution in [0.5, 0.6) is 0 Å². The minimum atomic E-state index is -0.190. The predicted octanol–water partition coefficient (Wildman–Crippen LogP) is 3.19. The van der Waals surface area contributed by atoms with Crippen molar-refractivity contribution in [1.29, 1.82) is 0 Å². The van der Waals surface area contributed by atoms with E-state index < -0.39 is 0 Å². The van der Waals surface area contributed by atoms with Gasteiger partial charge in [-0.3, -0.25) is 14.5 Å². The van der Waals surface area contributed by atoms with Crippen LogP contribution in [0.2, 0.25) is 0 Å². The Morgan fingerprint density at radius 1 is 1.00 bits per heavy atom. The first-order valence-corrected chi connectivity index (χ1v) is 7.03. The lowest BCUT2D eigenvalue weighted by molar-refractivity contribution is -0.139. The predicted molar refractivity (Wildman–Crippen MR) is 77.0 cm³/mol. The second kappa shape index (κ2) is 4.30. The van der Waals surface area contributed by atoms with E-state index in [2.05, 4.69) is 26.8 Å². The van der Waals surface area contributed by atoms with Gasteiger partial charge in [-0.05, 0) is 28.9 Å². The molecule has 0 spiro atoms. The van der Waals surface area contributed by atoms with Gasteiger partial charge in [-0.25, -0.2) is 0 Å². The molecule has 1 aromatic carbocycles. The van der Waals surface area contributed by atoms with Gasteiger partial charge in [-0.2, -0.15) is 0 Å². The smallest absolute Gasteiger partial charge is 0.254 e. The van der Waals surface area contributed by atoms with Crippen LogP contribution in [0.3, 0.4) is 0 Å². The van der Waals surface area contributed by atoms with Crippen LogP contribution >= 0.6 is 0 Å². The number of carbonyl (C=O) groups excluding carboxylic acids is 2. The summed E-state index contributed by atoms with van der Waals surface area (Å²) in [4.78, 5) is 25.3. The molecule has 1 aliphatic carbocycles. The summed E-state index contributed by atoms with van der Waals surface area (Å²) < 4.78 is 0. The molecule has 3 heteroatoms. The third kappa shape index (κ3) is 1.89. The van der Waals surface area contributed by atoms with E-state index in [0.717, 1.165) is 12.0 Å². The van der Waals surface area contributed by atoms with Gasteiger partial charge in [0.1, 0.15) is 0 Å². The highest BCUT2D eigenvalue weighted by molar-refractivity contribution is 6.13. The van der Waals surface area contributed by atoms with Crippen LogP contribution in [0.4, 0.5) is 0 Å². The number of hydrogen-bond donors (Lipinski definition) is 0. The molecule has 2 amide bonds. The van der Waals surface area contributed by atoms with E-state index in [0.29, 0.717) is 5.92 Å². The molecule has 1 aliphatic heterocycles. The lowest BCUT2D eigenvalue weighted by Crippen LogP contribution is -2.33. The highest BCUT2D eigenvalue weighted by atomic mass is 16.2. The second-order valence-electron chi connectivity index (χ2n) is 6.68. The zero-order valence-corrected chi connectivity index (χ0v) is 12.1. The van der Waals surface area contributed by atoms with Crippen LogP contribution in [0.15, 0.2) is 36.4 Å². The zero-order chi connectivity index (χ0) is 14.5. The van der Waals surface area contributed by atoms with Crippen molar-refractivity contribution in [1.82, 2.24) is 4.90 Å².